The molecule has 110 valence electrons. The number of rotatable bonds is 4. The maximum absolute atomic E-state index is 12.8. The van der Waals surface area contributed by atoms with Crippen LogP contribution in [0.2, 0.25) is 0 Å². The number of nitrogens with zero attached hydrogens (tertiary/aromatic N) is 1. The highest BCUT2D eigenvalue weighted by Gasteiger charge is 2.25. The minimum Gasteiger partial charge on any atom is -0.489 e. The summed E-state index contributed by atoms with van der Waals surface area (Å²) < 4.78 is 5.70. The lowest BCUT2D eigenvalue weighted by Crippen LogP contribution is -2.40. The molecular weight excluding hydrogens is 252 g/mol. The first-order valence-electron chi connectivity index (χ1n) is 7.31. The zero-order valence-electron chi connectivity index (χ0n) is 12.8. The van der Waals surface area contributed by atoms with Crippen molar-refractivity contribution in [3.8, 4) is 5.75 Å². The van der Waals surface area contributed by atoms with E-state index in [1.807, 2.05) is 23.1 Å². The molecule has 1 heterocycles. The number of para-hydroxylation sites is 1. The average Bonchev–Trinajstić information content (AvgIpc) is 2.43. The van der Waals surface area contributed by atoms with Gasteiger partial charge in [0, 0.05) is 19.1 Å². The van der Waals surface area contributed by atoms with E-state index in [1.165, 1.54) is 0 Å². The number of hydrogen-bond acceptors (Lipinski definition) is 3. The molecule has 0 saturated heterocycles. The van der Waals surface area contributed by atoms with E-state index in [4.69, 9.17) is 4.74 Å². The molecule has 0 aliphatic carbocycles. The van der Waals surface area contributed by atoms with Gasteiger partial charge in [-0.3, -0.25) is 4.79 Å². The highest BCUT2D eigenvalue weighted by molar-refractivity contribution is 5.99. The van der Waals surface area contributed by atoms with Crippen LogP contribution in [0.1, 0.15) is 38.1 Å². The van der Waals surface area contributed by atoms with Crippen LogP contribution in [0.4, 0.5) is 5.69 Å². The Kier molecular flexibility index (Phi) is 4.53. The molecule has 0 saturated carbocycles. The summed E-state index contributed by atoms with van der Waals surface area (Å²) in [6, 6.07) is 5.89. The van der Waals surface area contributed by atoms with E-state index < -0.39 is 0 Å². The molecule has 0 fully saturated rings. The number of benzene rings is 1. The standard InChI is InChI=1S/C16H24N2O2/c1-11(2)10-18(12(3)4)16(19)13-6-5-7-14-15(13)20-9-8-17-14/h5-7,11-12,17H,8-10H2,1-4H3. The zero-order valence-corrected chi connectivity index (χ0v) is 12.8. The van der Waals surface area contributed by atoms with Gasteiger partial charge in [0.1, 0.15) is 6.61 Å². The second kappa shape index (κ2) is 6.16. The number of ether oxygens (including phenoxy) is 1. The van der Waals surface area contributed by atoms with Crippen molar-refractivity contribution in [1.29, 1.82) is 0 Å². The maximum atomic E-state index is 12.8. The first kappa shape index (κ1) is 14.7. The Hall–Kier alpha value is -1.71. The maximum Gasteiger partial charge on any atom is 0.257 e. The number of anilines is 1. The van der Waals surface area contributed by atoms with Gasteiger partial charge < -0.3 is 15.0 Å². The third kappa shape index (κ3) is 3.06. The summed E-state index contributed by atoms with van der Waals surface area (Å²) >= 11 is 0. The van der Waals surface area contributed by atoms with E-state index in [-0.39, 0.29) is 11.9 Å². The van der Waals surface area contributed by atoms with Crippen LogP contribution in [0.25, 0.3) is 0 Å². The summed E-state index contributed by atoms with van der Waals surface area (Å²) in [6.07, 6.45) is 0. The van der Waals surface area contributed by atoms with Gasteiger partial charge in [-0.2, -0.15) is 0 Å². The fourth-order valence-corrected chi connectivity index (χ4v) is 2.42. The summed E-state index contributed by atoms with van der Waals surface area (Å²) in [5.74, 6) is 1.19. The largest absolute Gasteiger partial charge is 0.489 e. The van der Waals surface area contributed by atoms with Gasteiger partial charge in [-0.1, -0.05) is 19.9 Å². The SMILES string of the molecule is CC(C)CN(C(=O)c1cccc2c1OCCN2)C(C)C. The summed E-state index contributed by atoms with van der Waals surface area (Å²) in [6.45, 7) is 10.5. The molecule has 2 rings (SSSR count). The van der Waals surface area contributed by atoms with Crippen LogP contribution in [-0.2, 0) is 0 Å². The molecule has 4 heteroatoms. The Balaban J connectivity index is 2.32. The van der Waals surface area contributed by atoms with Crippen LogP contribution in [0.5, 0.6) is 5.75 Å². The topological polar surface area (TPSA) is 41.6 Å². The Labute approximate surface area is 121 Å². The van der Waals surface area contributed by atoms with Crippen molar-refractivity contribution in [3.05, 3.63) is 23.8 Å². The summed E-state index contributed by atoms with van der Waals surface area (Å²) in [5.41, 5.74) is 1.57. The molecule has 0 unspecified atom stereocenters. The fraction of sp³-hybridized carbons (Fsp3) is 0.562. The molecule has 1 aliphatic heterocycles. The number of hydrogen-bond donors (Lipinski definition) is 1. The van der Waals surface area contributed by atoms with Crippen molar-refractivity contribution in [3.63, 3.8) is 0 Å². The van der Waals surface area contributed by atoms with Crippen molar-refractivity contribution in [2.75, 3.05) is 25.0 Å². The average molecular weight is 276 g/mol. The van der Waals surface area contributed by atoms with Crippen LogP contribution in [0.3, 0.4) is 0 Å². The second-order valence-electron chi connectivity index (χ2n) is 5.90. The lowest BCUT2D eigenvalue weighted by atomic mass is 10.1. The number of amides is 1. The first-order chi connectivity index (χ1) is 9.50. The molecule has 1 aromatic rings. The minimum atomic E-state index is 0.0502. The summed E-state index contributed by atoms with van der Waals surface area (Å²) in [5, 5.41) is 3.27. The van der Waals surface area contributed by atoms with Gasteiger partial charge in [0.05, 0.1) is 11.3 Å². The van der Waals surface area contributed by atoms with E-state index in [0.29, 0.717) is 23.8 Å². The second-order valence-corrected chi connectivity index (χ2v) is 5.90. The molecule has 0 spiro atoms. The van der Waals surface area contributed by atoms with Gasteiger partial charge in [-0.15, -0.1) is 0 Å². The minimum absolute atomic E-state index is 0.0502. The molecular formula is C16H24N2O2. The highest BCUT2D eigenvalue weighted by Crippen LogP contribution is 2.32. The van der Waals surface area contributed by atoms with Crippen LogP contribution < -0.4 is 10.1 Å². The Morgan fingerprint density at radius 3 is 2.75 bits per heavy atom. The van der Waals surface area contributed by atoms with Gasteiger partial charge in [0.25, 0.3) is 5.91 Å². The van der Waals surface area contributed by atoms with Gasteiger partial charge in [-0.05, 0) is 31.9 Å². The van der Waals surface area contributed by atoms with Crippen molar-refractivity contribution >= 4 is 11.6 Å². The van der Waals surface area contributed by atoms with E-state index in [9.17, 15) is 4.79 Å². The molecule has 4 nitrogen and oxygen atoms in total. The monoisotopic (exact) mass is 276 g/mol. The number of nitrogens with one attached hydrogen (secondary N) is 1. The van der Waals surface area contributed by atoms with Gasteiger partial charge in [0.2, 0.25) is 0 Å². The Morgan fingerprint density at radius 1 is 1.35 bits per heavy atom. The molecule has 0 aromatic heterocycles. The van der Waals surface area contributed by atoms with Crippen molar-refractivity contribution in [1.82, 2.24) is 4.90 Å². The third-order valence-corrected chi connectivity index (χ3v) is 3.36. The molecule has 20 heavy (non-hydrogen) atoms. The van der Waals surface area contributed by atoms with Crippen molar-refractivity contribution < 1.29 is 9.53 Å². The summed E-state index contributed by atoms with van der Waals surface area (Å²) in [4.78, 5) is 14.7. The molecule has 1 aliphatic rings. The molecule has 1 aromatic carbocycles. The van der Waals surface area contributed by atoms with E-state index in [0.717, 1.165) is 18.8 Å². The van der Waals surface area contributed by atoms with Crippen LogP contribution in [0.15, 0.2) is 18.2 Å². The number of carbonyl (C=O) groups is 1. The van der Waals surface area contributed by atoms with Crippen LogP contribution in [-0.4, -0.2) is 36.5 Å². The third-order valence-electron chi connectivity index (χ3n) is 3.36. The van der Waals surface area contributed by atoms with E-state index >= 15 is 0 Å². The molecule has 1 N–H and O–H groups in total. The van der Waals surface area contributed by atoms with Crippen molar-refractivity contribution in [2.24, 2.45) is 5.92 Å². The predicted octanol–water partition coefficient (Wildman–Crippen LogP) is 3.00. The molecule has 1 amide bonds. The quantitative estimate of drug-likeness (QED) is 0.919. The van der Waals surface area contributed by atoms with E-state index in [2.05, 4.69) is 33.0 Å². The first-order valence-corrected chi connectivity index (χ1v) is 7.31. The summed E-state index contributed by atoms with van der Waals surface area (Å²) in [7, 11) is 0. The smallest absolute Gasteiger partial charge is 0.257 e. The molecule has 0 atom stereocenters. The van der Waals surface area contributed by atoms with Gasteiger partial charge in [-0.25, -0.2) is 0 Å². The molecule has 0 radical (unpaired) electrons. The van der Waals surface area contributed by atoms with Crippen LogP contribution >= 0.6 is 0 Å². The lowest BCUT2D eigenvalue weighted by Gasteiger charge is -2.30. The molecule has 0 bridgehead atoms. The lowest BCUT2D eigenvalue weighted by molar-refractivity contribution is 0.0677. The zero-order chi connectivity index (χ0) is 14.7. The predicted molar refractivity (Wildman–Crippen MR) is 81.4 cm³/mol. The van der Waals surface area contributed by atoms with Gasteiger partial charge in [0.15, 0.2) is 5.75 Å². The fourth-order valence-electron chi connectivity index (χ4n) is 2.42. The Morgan fingerprint density at radius 2 is 2.10 bits per heavy atom. The number of fused-ring (bicyclic) bond motifs is 1. The highest BCUT2D eigenvalue weighted by atomic mass is 16.5. The Bertz CT molecular complexity index is 483. The van der Waals surface area contributed by atoms with Crippen LogP contribution in [0, 0.1) is 5.92 Å². The van der Waals surface area contributed by atoms with E-state index in [1.54, 1.807) is 0 Å². The van der Waals surface area contributed by atoms with Crippen molar-refractivity contribution in [2.45, 2.75) is 33.7 Å². The normalized spacial score (nSPS) is 13.7. The van der Waals surface area contributed by atoms with Gasteiger partial charge >= 0.3 is 0 Å². The number of carbonyl (C=O) groups excluding carboxylic acids is 1.